The molecule has 1 aromatic carbocycles. The molecule has 0 atom stereocenters. The number of benzene rings is 1. The molecule has 0 saturated heterocycles. The second kappa shape index (κ2) is 9.95. The molecule has 3 rings (SSSR count). The summed E-state index contributed by atoms with van der Waals surface area (Å²) in [4.78, 5) is 25.7. The Labute approximate surface area is 170 Å². The van der Waals surface area contributed by atoms with Gasteiger partial charge in [0.1, 0.15) is 0 Å². The Hall–Kier alpha value is -3.03. The topological polar surface area (TPSA) is 99.0 Å². The van der Waals surface area contributed by atoms with Gasteiger partial charge in [-0.25, -0.2) is 0 Å². The van der Waals surface area contributed by atoms with E-state index in [1.165, 1.54) is 11.9 Å². The molecule has 0 spiro atoms. The van der Waals surface area contributed by atoms with Crippen LogP contribution >= 0.6 is 0 Å². The lowest BCUT2D eigenvalue weighted by molar-refractivity contribution is -0.146. The minimum atomic E-state index is -0.124. The van der Waals surface area contributed by atoms with Gasteiger partial charge in [-0.1, -0.05) is 24.3 Å². The number of amides is 1. The molecule has 1 aliphatic rings. The van der Waals surface area contributed by atoms with Crippen LogP contribution in [0.2, 0.25) is 0 Å². The summed E-state index contributed by atoms with van der Waals surface area (Å²) in [6.45, 7) is 3.10. The van der Waals surface area contributed by atoms with Gasteiger partial charge in [0.15, 0.2) is 0 Å². The van der Waals surface area contributed by atoms with Gasteiger partial charge in [-0.3, -0.25) is 9.59 Å². The number of nitrogens with one attached hydrogen (secondary N) is 1. The summed E-state index contributed by atoms with van der Waals surface area (Å²) in [5.74, 6) is 0.627. The van der Waals surface area contributed by atoms with E-state index in [2.05, 4.69) is 20.7 Å². The first kappa shape index (κ1) is 20.7. The maximum absolute atomic E-state index is 12.6. The van der Waals surface area contributed by atoms with Gasteiger partial charge in [-0.05, 0) is 55.9 Å². The number of ether oxygens (including phenoxy) is 1. The van der Waals surface area contributed by atoms with E-state index in [0.29, 0.717) is 30.4 Å². The van der Waals surface area contributed by atoms with Crippen molar-refractivity contribution < 1.29 is 14.3 Å². The zero-order valence-electron chi connectivity index (χ0n) is 16.9. The molecule has 1 N–H and O–H groups in total. The van der Waals surface area contributed by atoms with Crippen LogP contribution in [0.15, 0.2) is 36.4 Å². The Morgan fingerprint density at radius 2 is 2.07 bits per heavy atom. The van der Waals surface area contributed by atoms with Gasteiger partial charge in [0.2, 0.25) is 5.82 Å². The summed E-state index contributed by atoms with van der Waals surface area (Å²) < 4.78 is 4.82. The number of aromatic nitrogens is 4. The van der Waals surface area contributed by atoms with Crippen molar-refractivity contribution >= 4 is 11.9 Å². The Morgan fingerprint density at radius 3 is 2.79 bits per heavy atom. The largest absolute Gasteiger partial charge is 0.469 e. The predicted octanol–water partition coefficient (Wildman–Crippen LogP) is 2.63. The fourth-order valence-corrected chi connectivity index (χ4v) is 3.54. The molecule has 1 aromatic heterocycles. The number of methoxy groups -OCH3 is 1. The van der Waals surface area contributed by atoms with E-state index in [1.54, 1.807) is 12.1 Å². The van der Waals surface area contributed by atoms with Crippen LogP contribution in [0.5, 0.6) is 0 Å². The zero-order valence-corrected chi connectivity index (χ0v) is 16.9. The number of tetrazole rings is 1. The van der Waals surface area contributed by atoms with E-state index in [1.807, 2.05) is 31.2 Å². The quantitative estimate of drug-likeness (QED) is 0.570. The first-order valence-electron chi connectivity index (χ1n) is 9.96. The summed E-state index contributed by atoms with van der Waals surface area (Å²) in [7, 11) is 1.43. The van der Waals surface area contributed by atoms with Crippen LogP contribution in [-0.4, -0.2) is 45.7 Å². The molecule has 8 nitrogen and oxygen atoms in total. The standard InChI is InChI=1S/C21H27N5O3/c1-3-4-12-26-24-19(23-25-26)17-6-5-7-18(13-17)20(27)22-14-15-8-10-16(11-9-15)21(28)29-2/h3-7,13,15-16H,8-12,14H2,1-2H3,(H,22,27)/b4-3+. The van der Waals surface area contributed by atoms with Crippen LogP contribution in [0.1, 0.15) is 43.0 Å². The van der Waals surface area contributed by atoms with Crippen molar-refractivity contribution in [2.75, 3.05) is 13.7 Å². The average Bonchev–Trinajstić information content (AvgIpc) is 3.25. The smallest absolute Gasteiger partial charge is 0.308 e. The van der Waals surface area contributed by atoms with Crippen LogP contribution in [0, 0.1) is 11.8 Å². The fraction of sp³-hybridized carbons (Fsp3) is 0.476. The summed E-state index contributed by atoms with van der Waals surface area (Å²) in [5, 5.41) is 15.4. The molecule has 1 fully saturated rings. The van der Waals surface area contributed by atoms with Gasteiger partial charge < -0.3 is 10.1 Å². The van der Waals surface area contributed by atoms with Gasteiger partial charge in [0.25, 0.3) is 5.91 Å². The Kier molecular flexibility index (Phi) is 7.10. The molecule has 0 radical (unpaired) electrons. The van der Waals surface area contributed by atoms with Gasteiger partial charge >= 0.3 is 5.97 Å². The number of allylic oxidation sites excluding steroid dienone is 2. The van der Waals surface area contributed by atoms with Crippen molar-refractivity contribution in [1.82, 2.24) is 25.5 Å². The molecule has 29 heavy (non-hydrogen) atoms. The van der Waals surface area contributed by atoms with E-state index in [4.69, 9.17) is 4.74 Å². The van der Waals surface area contributed by atoms with E-state index in [9.17, 15) is 9.59 Å². The lowest BCUT2D eigenvalue weighted by Crippen LogP contribution is -2.32. The van der Waals surface area contributed by atoms with Crippen molar-refractivity contribution in [3.05, 3.63) is 42.0 Å². The van der Waals surface area contributed by atoms with E-state index >= 15 is 0 Å². The van der Waals surface area contributed by atoms with Gasteiger partial charge in [-0.2, -0.15) is 4.80 Å². The number of hydrogen-bond donors (Lipinski definition) is 1. The third-order valence-corrected chi connectivity index (χ3v) is 5.27. The molecule has 8 heteroatoms. The maximum atomic E-state index is 12.6. The molecule has 0 unspecified atom stereocenters. The van der Waals surface area contributed by atoms with Gasteiger partial charge in [0, 0.05) is 17.7 Å². The third kappa shape index (κ3) is 5.49. The van der Waals surface area contributed by atoms with Crippen molar-refractivity contribution in [2.45, 2.75) is 39.2 Å². The molecular formula is C21H27N5O3. The van der Waals surface area contributed by atoms with Gasteiger partial charge in [0.05, 0.1) is 19.6 Å². The van der Waals surface area contributed by atoms with E-state index < -0.39 is 0 Å². The lowest BCUT2D eigenvalue weighted by atomic mass is 9.82. The summed E-state index contributed by atoms with van der Waals surface area (Å²) in [6.07, 6.45) is 7.33. The van der Waals surface area contributed by atoms with Crippen molar-refractivity contribution in [1.29, 1.82) is 0 Å². The molecule has 1 amide bonds. The SMILES string of the molecule is C/C=C/Cn1nnc(-c2cccc(C(=O)NCC3CCC(C(=O)OC)CC3)c2)n1. The van der Waals surface area contributed by atoms with Crippen molar-refractivity contribution in [2.24, 2.45) is 11.8 Å². The predicted molar refractivity (Wildman–Crippen MR) is 108 cm³/mol. The monoisotopic (exact) mass is 397 g/mol. The normalized spacial score (nSPS) is 19.2. The highest BCUT2D eigenvalue weighted by Crippen LogP contribution is 2.29. The number of carbonyl (C=O) groups excluding carboxylic acids is 2. The summed E-state index contributed by atoms with van der Waals surface area (Å²) in [5.41, 5.74) is 1.32. The lowest BCUT2D eigenvalue weighted by Gasteiger charge is -2.26. The molecular weight excluding hydrogens is 370 g/mol. The zero-order chi connectivity index (χ0) is 20.6. The number of carbonyl (C=O) groups is 2. The molecule has 154 valence electrons. The highest BCUT2D eigenvalue weighted by Gasteiger charge is 2.27. The Bertz CT molecular complexity index is 869. The number of esters is 1. The second-order valence-electron chi connectivity index (χ2n) is 7.27. The van der Waals surface area contributed by atoms with Crippen LogP contribution in [-0.2, 0) is 16.1 Å². The third-order valence-electron chi connectivity index (χ3n) is 5.27. The summed E-state index contributed by atoms with van der Waals surface area (Å²) >= 11 is 0. The molecule has 0 bridgehead atoms. The number of hydrogen-bond acceptors (Lipinski definition) is 6. The first-order chi connectivity index (χ1) is 14.1. The minimum absolute atomic E-state index is 0.00244. The van der Waals surface area contributed by atoms with Crippen LogP contribution in [0.4, 0.5) is 0 Å². The van der Waals surface area contributed by atoms with Crippen LogP contribution < -0.4 is 5.32 Å². The van der Waals surface area contributed by atoms with E-state index in [0.717, 1.165) is 31.2 Å². The van der Waals surface area contributed by atoms with E-state index in [-0.39, 0.29) is 17.8 Å². The molecule has 2 aromatic rings. The average molecular weight is 397 g/mol. The van der Waals surface area contributed by atoms with Crippen molar-refractivity contribution in [3.8, 4) is 11.4 Å². The molecule has 1 saturated carbocycles. The van der Waals surface area contributed by atoms with Crippen LogP contribution in [0.25, 0.3) is 11.4 Å². The maximum Gasteiger partial charge on any atom is 0.308 e. The number of nitrogens with zero attached hydrogens (tertiary/aromatic N) is 4. The van der Waals surface area contributed by atoms with Gasteiger partial charge in [-0.15, -0.1) is 10.2 Å². The first-order valence-corrected chi connectivity index (χ1v) is 9.96. The highest BCUT2D eigenvalue weighted by atomic mass is 16.5. The highest BCUT2D eigenvalue weighted by molar-refractivity contribution is 5.95. The minimum Gasteiger partial charge on any atom is -0.469 e. The number of rotatable bonds is 7. The molecule has 1 aliphatic carbocycles. The molecule has 0 aliphatic heterocycles. The molecule has 1 heterocycles. The summed E-state index contributed by atoms with van der Waals surface area (Å²) in [6, 6.07) is 7.23. The fourth-order valence-electron chi connectivity index (χ4n) is 3.54. The van der Waals surface area contributed by atoms with Crippen molar-refractivity contribution in [3.63, 3.8) is 0 Å². The Morgan fingerprint density at radius 1 is 1.28 bits per heavy atom. The van der Waals surface area contributed by atoms with Crippen LogP contribution in [0.3, 0.4) is 0 Å². The Balaban J connectivity index is 1.55. The second-order valence-corrected chi connectivity index (χ2v) is 7.27.